The molecule has 0 radical (unpaired) electrons. The Morgan fingerprint density at radius 2 is 1.02 bits per heavy atom. The van der Waals surface area contributed by atoms with E-state index in [-0.39, 0.29) is 43.7 Å². The summed E-state index contributed by atoms with van der Waals surface area (Å²) in [5.41, 5.74) is -1.59. The predicted molar refractivity (Wildman–Crippen MR) is 141 cm³/mol. The van der Waals surface area contributed by atoms with Gasteiger partial charge in [0.2, 0.25) is 9.84 Å². The maximum absolute atomic E-state index is 13.3. The van der Waals surface area contributed by atoms with Gasteiger partial charge in [0.05, 0.1) is 19.6 Å². The van der Waals surface area contributed by atoms with Gasteiger partial charge >= 0.3 is 0 Å². The lowest BCUT2D eigenvalue weighted by Gasteiger charge is -2.10. The Labute approximate surface area is 230 Å². The van der Waals surface area contributed by atoms with Gasteiger partial charge in [-0.25, -0.2) is 8.42 Å². The number of hydrogen-bond acceptors (Lipinski definition) is 12. The van der Waals surface area contributed by atoms with Crippen LogP contribution in [0.1, 0.15) is 11.1 Å². The number of phenolic OH excluding ortho intramolecular Hbond substituents is 2. The van der Waals surface area contributed by atoms with Crippen molar-refractivity contribution in [3.63, 3.8) is 0 Å². The van der Waals surface area contributed by atoms with Gasteiger partial charge in [0.15, 0.2) is 0 Å². The molecular formula is C26H16N4O10S-2. The highest BCUT2D eigenvalue weighted by Crippen LogP contribution is 2.35. The van der Waals surface area contributed by atoms with Crippen LogP contribution < -0.4 is 10.2 Å². The van der Waals surface area contributed by atoms with Crippen molar-refractivity contribution in [2.75, 3.05) is 0 Å². The summed E-state index contributed by atoms with van der Waals surface area (Å²) >= 11 is 0. The minimum Gasteiger partial charge on any atom is -0.872 e. The van der Waals surface area contributed by atoms with Crippen LogP contribution in [0.3, 0.4) is 0 Å². The average molecular weight is 576 g/mol. The molecule has 4 aromatic rings. The molecule has 0 aliphatic heterocycles. The van der Waals surface area contributed by atoms with Gasteiger partial charge < -0.3 is 20.4 Å². The van der Waals surface area contributed by atoms with Crippen molar-refractivity contribution in [2.24, 2.45) is 9.98 Å². The van der Waals surface area contributed by atoms with Gasteiger partial charge in [0, 0.05) is 36.7 Å². The molecule has 0 fully saturated rings. The summed E-state index contributed by atoms with van der Waals surface area (Å²) < 4.78 is 26.7. The molecular weight excluding hydrogens is 560 g/mol. The van der Waals surface area contributed by atoms with E-state index < -0.39 is 42.7 Å². The van der Waals surface area contributed by atoms with Gasteiger partial charge in [0.1, 0.15) is 22.9 Å². The Balaban J connectivity index is 1.68. The molecule has 2 N–H and O–H groups in total. The zero-order chi connectivity index (χ0) is 29.9. The third kappa shape index (κ3) is 6.10. The highest BCUT2D eigenvalue weighted by atomic mass is 32.2. The highest BCUT2D eigenvalue weighted by molar-refractivity contribution is 7.91. The summed E-state index contributed by atoms with van der Waals surface area (Å²) in [5, 5.41) is 66.4. The number of hydrogen-bond donors (Lipinski definition) is 2. The largest absolute Gasteiger partial charge is 0.872 e. The van der Waals surface area contributed by atoms with Crippen LogP contribution in [-0.2, 0) is 9.84 Å². The summed E-state index contributed by atoms with van der Waals surface area (Å²) in [7, 11) is -4.31. The van der Waals surface area contributed by atoms with Crippen LogP contribution in [0.2, 0.25) is 0 Å². The molecule has 4 rings (SSSR count). The van der Waals surface area contributed by atoms with Crippen LogP contribution in [0.25, 0.3) is 0 Å². The molecule has 15 heteroatoms. The third-order valence-electron chi connectivity index (χ3n) is 5.61. The molecule has 0 atom stereocenters. The van der Waals surface area contributed by atoms with Gasteiger partial charge in [-0.2, -0.15) is 0 Å². The fraction of sp³-hybridized carbons (Fsp3) is 0. The number of rotatable bonds is 8. The zero-order valence-corrected chi connectivity index (χ0v) is 21.3. The molecule has 208 valence electrons. The van der Waals surface area contributed by atoms with Crippen molar-refractivity contribution in [1.82, 2.24) is 0 Å². The highest BCUT2D eigenvalue weighted by Gasteiger charge is 2.21. The van der Waals surface area contributed by atoms with E-state index in [4.69, 9.17) is 0 Å². The van der Waals surface area contributed by atoms with Crippen molar-refractivity contribution in [3.8, 4) is 23.0 Å². The lowest BCUT2D eigenvalue weighted by Crippen LogP contribution is -2.02. The first-order chi connectivity index (χ1) is 19.4. The molecule has 0 spiro atoms. The second-order valence-electron chi connectivity index (χ2n) is 8.28. The number of benzene rings is 4. The first-order valence-electron chi connectivity index (χ1n) is 11.3. The first-order valence-corrected chi connectivity index (χ1v) is 12.8. The Hall–Kier alpha value is -5.83. The maximum atomic E-state index is 13.3. The molecule has 4 aromatic carbocycles. The minimum absolute atomic E-state index is 0.169. The SMILES string of the molecule is O=[N+]([O-])c1ccc([O-])c(C=Nc2cc(S(=O)(=O)c3ccc(O)c(N=Cc4cc([N+](=O)[O-])ccc4[O-])c3)ccc2O)c1. The van der Waals surface area contributed by atoms with Gasteiger partial charge in [-0.15, -0.1) is 0 Å². The molecule has 0 saturated heterocycles. The molecule has 0 aliphatic rings. The fourth-order valence-electron chi connectivity index (χ4n) is 3.46. The van der Waals surface area contributed by atoms with E-state index in [9.17, 15) is 49.1 Å². The van der Waals surface area contributed by atoms with E-state index in [1.807, 2.05) is 0 Å². The second kappa shape index (κ2) is 11.1. The lowest BCUT2D eigenvalue weighted by atomic mass is 10.2. The van der Waals surface area contributed by atoms with Crippen LogP contribution in [0.4, 0.5) is 22.7 Å². The maximum Gasteiger partial charge on any atom is 0.270 e. The van der Waals surface area contributed by atoms with Gasteiger partial charge in [-0.1, -0.05) is 23.6 Å². The number of nitro groups is 2. The average Bonchev–Trinajstić information content (AvgIpc) is 2.93. The number of aliphatic imine (C=N–C) groups is 2. The summed E-state index contributed by atoms with van der Waals surface area (Å²) in [6.45, 7) is 0. The van der Waals surface area contributed by atoms with E-state index >= 15 is 0 Å². The van der Waals surface area contributed by atoms with Crippen LogP contribution in [0.15, 0.2) is 92.6 Å². The van der Waals surface area contributed by atoms with E-state index in [0.29, 0.717) is 0 Å². The molecule has 0 heterocycles. The molecule has 0 aliphatic carbocycles. The number of nitrogens with zero attached hydrogens (tertiary/aromatic N) is 4. The second-order valence-corrected chi connectivity index (χ2v) is 10.2. The zero-order valence-electron chi connectivity index (χ0n) is 20.4. The van der Waals surface area contributed by atoms with Crippen LogP contribution in [0, 0.1) is 20.2 Å². The fourth-order valence-corrected chi connectivity index (χ4v) is 4.76. The van der Waals surface area contributed by atoms with Crippen LogP contribution in [0.5, 0.6) is 23.0 Å². The topological polar surface area (TPSA) is 232 Å². The quantitative estimate of drug-likeness (QED) is 0.176. The number of nitro benzene ring substituents is 2. The van der Waals surface area contributed by atoms with Crippen molar-refractivity contribution in [1.29, 1.82) is 0 Å². The third-order valence-corrected chi connectivity index (χ3v) is 7.36. The number of aromatic hydroxyl groups is 2. The van der Waals surface area contributed by atoms with Crippen molar-refractivity contribution >= 4 is 45.0 Å². The standard InChI is InChI=1S/C26H18N4O10S/c31-23-5-1-17(29(35)36)9-15(23)13-27-21-11-19(3-7-25(21)33)41(39,40)20-4-8-26(34)22(12-20)28-14-16-10-18(30(37)38)2-6-24(16)32/h1-14,31-34H/p-2. The number of non-ortho nitro benzene ring substituents is 2. The Bertz CT molecular complexity index is 1740. The number of phenols is 2. The van der Waals surface area contributed by atoms with Crippen LogP contribution >= 0.6 is 0 Å². The Kier molecular flexibility index (Phi) is 7.64. The van der Waals surface area contributed by atoms with E-state index in [1.54, 1.807) is 0 Å². The first kappa shape index (κ1) is 28.2. The monoisotopic (exact) mass is 576 g/mol. The Morgan fingerprint density at radius 1 is 0.634 bits per heavy atom. The smallest absolute Gasteiger partial charge is 0.270 e. The van der Waals surface area contributed by atoms with Gasteiger partial charge in [-0.3, -0.25) is 30.2 Å². The van der Waals surface area contributed by atoms with E-state index in [1.165, 1.54) is 0 Å². The number of sulfone groups is 1. The van der Waals surface area contributed by atoms with E-state index in [0.717, 1.165) is 85.2 Å². The summed E-state index contributed by atoms with van der Waals surface area (Å²) in [5.74, 6) is -2.07. The molecule has 0 aromatic heterocycles. The predicted octanol–water partition coefficient (Wildman–Crippen LogP) is 3.40. The summed E-state index contributed by atoms with van der Waals surface area (Å²) in [6, 6.07) is 12.2. The summed E-state index contributed by atoms with van der Waals surface area (Å²) in [4.78, 5) is 27.7. The van der Waals surface area contributed by atoms with Crippen molar-refractivity contribution in [2.45, 2.75) is 9.79 Å². The molecule has 41 heavy (non-hydrogen) atoms. The van der Waals surface area contributed by atoms with Crippen molar-refractivity contribution < 1.29 is 38.7 Å². The van der Waals surface area contributed by atoms with E-state index in [2.05, 4.69) is 9.98 Å². The normalized spacial score (nSPS) is 11.7. The van der Waals surface area contributed by atoms with Crippen molar-refractivity contribution in [3.05, 3.63) is 104 Å². The molecule has 0 saturated carbocycles. The molecule has 14 nitrogen and oxygen atoms in total. The van der Waals surface area contributed by atoms with Gasteiger partial charge in [0.25, 0.3) is 11.4 Å². The molecule has 0 amide bonds. The molecule has 0 bridgehead atoms. The van der Waals surface area contributed by atoms with Crippen LogP contribution in [-0.4, -0.2) is 40.9 Å². The molecule has 0 unspecified atom stereocenters. The lowest BCUT2D eigenvalue weighted by molar-refractivity contribution is -0.385. The van der Waals surface area contributed by atoms with Gasteiger partial charge in [-0.05, 0) is 47.5 Å². The minimum atomic E-state index is -4.31. The Morgan fingerprint density at radius 3 is 1.39 bits per heavy atom. The summed E-state index contributed by atoms with van der Waals surface area (Å²) in [6.07, 6.45) is 1.90.